The van der Waals surface area contributed by atoms with Gasteiger partial charge in [-0.3, -0.25) is 9.59 Å². The molecule has 2 amide bonds. The summed E-state index contributed by atoms with van der Waals surface area (Å²) < 4.78 is 0. The van der Waals surface area contributed by atoms with Crippen molar-refractivity contribution in [3.8, 4) is 11.1 Å². The van der Waals surface area contributed by atoms with Crippen LogP contribution in [0.3, 0.4) is 0 Å². The van der Waals surface area contributed by atoms with E-state index in [-0.39, 0.29) is 5.91 Å². The van der Waals surface area contributed by atoms with E-state index in [1.54, 1.807) is 12.1 Å². The molecule has 1 heterocycles. The van der Waals surface area contributed by atoms with Gasteiger partial charge in [0.15, 0.2) is 0 Å². The van der Waals surface area contributed by atoms with Gasteiger partial charge in [-0.05, 0) is 54.0 Å². The fourth-order valence-electron chi connectivity index (χ4n) is 3.73. The number of aryl methyl sites for hydroxylation is 1. The fourth-order valence-corrected chi connectivity index (χ4v) is 4.97. The average molecular weight is 391 g/mol. The number of anilines is 1. The number of thiophene rings is 1. The molecule has 28 heavy (non-hydrogen) atoms. The number of hydrogen-bond donors (Lipinski definition) is 2. The molecule has 4 nitrogen and oxygen atoms in total. The van der Waals surface area contributed by atoms with E-state index >= 15 is 0 Å². The Bertz CT molecular complexity index is 1020. The first-order chi connectivity index (χ1) is 13.5. The summed E-state index contributed by atoms with van der Waals surface area (Å²) >= 11 is 1.48. The summed E-state index contributed by atoms with van der Waals surface area (Å²) in [5.41, 5.74) is 9.85. The minimum Gasteiger partial charge on any atom is -0.365 e. The second kappa shape index (κ2) is 7.60. The van der Waals surface area contributed by atoms with Crippen LogP contribution < -0.4 is 11.1 Å². The standard InChI is InChI=1S/C23H22N2O2S/c1-14-7-12-19-18(13-14)20(21(24)26)23(28-19)25-22(27)17-10-8-16(9-11-17)15-5-3-2-4-6-15/h2-6,8-11,14H,7,12-13H2,1H3,(H2,24,26)(H,25,27). The van der Waals surface area contributed by atoms with Gasteiger partial charge < -0.3 is 11.1 Å². The van der Waals surface area contributed by atoms with Crippen molar-refractivity contribution < 1.29 is 9.59 Å². The molecule has 0 saturated heterocycles. The molecule has 1 aliphatic carbocycles. The zero-order valence-corrected chi connectivity index (χ0v) is 16.5. The zero-order chi connectivity index (χ0) is 19.7. The molecule has 0 radical (unpaired) electrons. The predicted octanol–water partition coefficient (Wildman–Crippen LogP) is 4.89. The van der Waals surface area contributed by atoms with Crippen LogP contribution >= 0.6 is 11.3 Å². The normalized spacial score (nSPS) is 15.7. The van der Waals surface area contributed by atoms with Gasteiger partial charge in [-0.25, -0.2) is 0 Å². The van der Waals surface area contributed by atoms with Crippen LogP contribution in [0.5, 0.6) is 0 Å². The summed E-state index contributed by atoms with van der Waals surface area (Å²) in [6.07, 6.45) is 2.87. The SMILES string of the molecule is CC1CCc2sc(NC(=O)c3ccc(-c4ccccc4)cc3)c(C(N)=O)c2C1. The molecule has 3 aromatic rings. The number of nitrogens with two attached hydrogens (primary N) is 1. The van der Waals surface area contributed by atoms with Gasteiger partial charge in [0.1, 0.15) is 5.00 Å². The Labute approximate surface area is 168 Å². The molecule has 0 bridgehead atoms. The summed E-state index contributed by atoms with van der Waals surface area (Å²) in [5.74, 6) is -0.177. The van der Waals surface area contributed by atoms with Crippen molar-refractivity contribution in [3.05, 3.63) is 76.2 Å². The molecule has 0 fully saturated rings. The maximum Gasteiger partial charge on any atom is 0.256 e. The summed E-state index contributed by atoms with van der Waals surface area (Å²) in [6, 6.07) is 17.5. The second-order valence-corrected chi connectivity index (χ2v) is 8.42. The van der Waals surface area contributed by atoms with Crippen LogP contribution in [-0.2, 0) is 12.8 Å². The lowest BCUT2D eigenvalue weighted by Crippen LogP contribution is -2.19. The second-order valence-electron chi connectivity index (χ2n) is 7.32. The van der Waals surface area contributed by atoms with Crippen molar-refractivity contribution in [3.63, 3.8) is 0 Å². The monoisotopic (exact) mass is 390 g/mol. The van der Waals surface area contributed by atoms with E-state index in [0.29, 0.717) is 22.0 Å². The van der Waals surface area contributed by atoms with E-state index in [9.17, 15) is 9.59 Å². The molecule has 1 aliphatic rings. The van der Waals surface area contributed by atoms with Gasteiger partial charge >= 0.3 is 0 Å². The molecule has 4 rings (SSSR count). The third-order valence-corrected chi connectivity index (χ3v) is 6.44. The molecule has 142 valence electrons. The number of nitrogens with one attached hydrogen (secondary N) is 1. The topological polar surface area (TPSA) is 72.2 Å². The Kier molecular flexibility index (Phi) is 5.01. The predicted molar refractivity (Wildman–Crippen MR) is 114 cm³/mol. The lowest BCUT2D eigenvalue weighted by atomic mass is 9.87. The molecule has 3 N–H and O–H groups in total. The first kappa shape index (κ1) is 18.4. The van der Waals surface area contributed by atoms with Gasteiger partial charge in [-0.1, -0.05) is 49.4 Å². The molecule has 5 heteroatoms. The van der Waals surface area contributed by atoms with Gasteiger partial charge in [0.25, 0.3) is 11.8 Å². The molecule has 0 aliphatic heterocycles. The first-order valence-electron chi connectivity index (χ1n) is 9.44. The van der Waals surface area contributed by atoms with Gasteiger partial charge in [0.05, 0.1) is 5.56 Å². The number of benzene rings is 2. The molecular weight excluding hydrogens is 368 g/mol. The van der Waals surface area contributed by atoms with E-state index in [1.165, 1.54) is 16.2 Å². The summed E-state index contributed by atoms with van der Waals surface area (Å²) in [5, 5.41) is 3.49. The number of rotatable bonds is 4. The molecular formula is C23H22N2O2S. The van der Waals surface area contributed by atoms with Crippen LogP contribution in [0.15, 0.2) is 54.6 Å². The zero-order valence-electron chi connectivity index (χ0n) is 15.7. The Morgan fingerprint density at radius 1 is 1.04 bits per heavy atom. The smallest absolute Gasteiger partial charge is 0.256 e. The minimum absolute atomic E-state index is 0.228. The summed E-state index contributed by atoms with van der Waals surface area (Å²) in [6.45, 7) is 2.18. The number of amides is 2. The van der Waals surface area contributed by atoms with Crippen LogP contribution in [0.2, 0.25) is 0 Å². The highest BCUT2D eigenvalue weighted by Gasteiger charge is 2.27. The Morgan fingerprint density at radius 2 is 1.71 bits per heavy atom. The Balaban J connectivity index is 1.58. The van der Waals surface area contributed by atoms with Crippen LogP contribution in [0.25, 0.3) is 11.1 Å². The van der Waals surface area contributed by atoms with Gasteiger partial charge in [-0.15, -0.1) is 11.3 Å². The van der Waals surface area contributed by atoms with Crippen molar-refractivity contribution in [1.82, 2.24) is 0 Å². The highest BCUT2D eigenvalue weighted by Crippen LogP contribution is 2.39. The highest BCUT2D eigenvalue weighted by atomic mass is 32.1. The van der Waals surface area contributed by atoms with Crippen LogP contribution in [-0.4, -0.2) is 11.8 Å². The van der Waals surface area contributed by atoms with Gasteiger partial charge in [0.2, 0.25) is 0 Å². The van der Waals surface area contributed by atoms with E-state index in [4.69, 9.17) is 5.73 Å². The van der Waals surface area contributed by atoms with Crippen molar-refractivity contribution in [2.45, 2.75) is 26.2 Å². The summed E-state index contributed by atoms with van der Waals surface area (Å²) in [4.78, 5) is 26.0. The van der Waals surface area contributed by atoms with Gasteiger partial charge in [-0.2, -0.15) is 0 Å². The van der Waals surface area contributed by atoms with Crippen molar-refractivity contribution >= 4 is 28.2 Å². The molecule has 1 atom stereocenters. The number of carbonyl (C=O) groups is 2. The van der Waals surface area contributed by atoms with Crippen molar-refractivity contribution in [2.24, 2.45) is 11.7 Å². The van der Waals surface area contributed by atoms with Crippen LogP contribution in [0.1, 0.15) is 44.5 Å². The van der Waals surface area contributed by atoms with E-state index < -0.39 is 5.91 Å². The lowest BCUT2D eigenvalue weighted by Gasteiger charge is -2.18. The third kappa shape index (κ3) is 3.58. The number of carbonyl (C=O) groups excluding carboxylic acids is 2. The van der Waals surface area contributed by atoms with E-state index in [0.717, 1.165) is 36.0 Å². The fraction of sp³-hybridized carbons (Fsp3) is 0.217. The van der Waals surface area contributed by atoms with Crippen molar-refractivity contribution in [1.29, 1.82) is 0 Å². The largest absolute Gasteiger partial charge is 0.365 e. The maximum atomic E-state index is 12.8. The highest BCUT2D eigenvalue weighted by molar-refractivity contribution is 7.17. The molecule has 1 unspecified atom stereocenters. The van der Waals surface area contributed by atoms with Crippen molar-refractivity contribution in [2.75, 3.05) is 5.32 Å². The number of hydrogen-bond acceptors (Lipinski definition) is 3. The molecule has 2 aromatic carbocycles. The van der Waals surface area contributed by atoms with Crippen LogP contribution in [0, 0.1) is 5.92 Å². The van der Waals surface area contributed by atoms with E-state index in [1.807, 2.05) is 42.5 Å². The average Bonchev–Trinajstić information content (AvgIpc) is 3.06. The molecule has 0 spiro atoms. The number of fused-ring (bicyclic) bond motifs is 1. The molecule has 0 saturated carbocycles. The van der Waals surface area contributed by atoms with E-state index in [2.05, 4.69) is 12.2 Å². The Hall–Kier alpha value is -2.92. The van der Waals surface area contributed by atoms with Crippen LogP contribution in [0.4, 0.5) is 5.00 Å². The first-order valence-corrected chi connectivity index (χ1v) is 10.3. The third-order valence-electron chi connectivity index (χ3n) is 5.24. The minimum atomic E-state index is -0.471. The van der Waals surface area contributed by atoms with Gasteiger partial charge in [0, 0.05) is 10.4 Å². The lowest BCUT2D eigenvalue weighted by molar-refractivity contribution is 0.1000. The number of primary amides is 1. The maximum absolute atomic E-state index is 12.8. The quantitative estimate of drug-likeness (QED) is 0.666. The molecule has 1 aromatic heterocycles. The Morgan fingerprint density at radius 3 is 2.39 bits per heavy atom. The summed E-state index contributed by atoms with van der Waals surface area (Å²) in [7, 11) is 0.